The Balaban J connectivity index is 1.82. The van der Waals surface area contributed by atoms with E-state index in [-0.39, 0.29) is 11.6 Å². The highest BCUT2D eigenvalue weighted by atomic mass is 32.2. The maximum Gasteiger partial charge on any atom is 0.259 e. The van der Waals surface area contributed by atoms with Crippen LogP contribution in [0.5, 0.6) is 0 Å². The van der Waals surface area contributed by atoms with E-state index in [0.717, 1.165) is 15.6 Å². The molecule has 25 heavy (non-hydrogen) atoms. The van der Waals surface area contributed by atoms with Crippen LogP contribution in [0.3, 0.4) is 0 Å². The van der Waals surface area contributed by atoms with E-state index in [1.807, 2.05) is 30.5 Å². The fourth-order valence-electron chi connectivity index (χ4n) is 2.41. The van der Waals surface area contributed by atoms with Crippen molar-refractivity contribution in [2.24, 2.45) is 0 Å². The number of nitrogens with zero attached hydrogens (tertiary/aromatic N) is 2. The Morgan fingerprint density at radius 2 is 1.92 bits per heavy atom. The van der Waals surface area contributed by atoms with Crippen LogP contribution in [0, 0.1) is 12.7 Å². The highest BCUT2D eigenvalue weighted by Gasteiger charge is 2.19. The summed E-state index contributed by atoms with van der Waals surface area (Å²) in [4.78, 5) is 19.5. The molecule has 128 valence electrons. The molecule has 0 N–H and O–H groups in total. The molecule has 0 saturated carbocycles. The van der Waals surface area contributed by atoms with Gasteiger partial charge in [-0.25, -0.2) is 9.37 Å². The summed E-state index contributed by atoms with van der Waals surface area (Å²) in [6.07, 6.45) is 0. The van der Waals surface area contributed by atoms with Crippen LogP contribution in [0.1, 0.15) is 21.1 Å². The monoisotopic (exact) mass is 372 g/mol. The number of rotatable bonds is 5. The molecule has 0 aliphatic rings. The molecule has 1 aromatic heterocycles. The first-order valence-corrected chi connectivity index (χ1v) is 9.58. The average molecular weight is 372 g/mol. The molecule has 0 atom stereocenters. The van der Waals surface area contributed by atoms with Crippen molar-refractivity contribution in [1.29, 1.82) is 0 Å². The average Bonchev–Trinajstić information content (AvgIpc) is 3.05. The van der Waals surface area contributed by atoms with Crippen molar-refractivity contribution in [3.8, 4) is 0 Å². The minimum absolute atomic E-state index is 0.234. The van der Waals surface area contributed by atoms with Gasteiger partial charge in [0.15, 0.2) is 0 Å². The van der Waals surface area contributed by atoms with Gasteiger partial charge in [0.1, 0.15) is 5.82 Å². The minimum Gasteiger partial charge on any atom is -0.309 e. The SMILES string of the molecule is Cc1nc(CSc2ccccc2C(=O)N(C)c2ccccc2F)cs1. The number of thioether (sulfide) groups is 1. The van der Waals surface area contributed by atoms with Gasteiger partial charge in [0.2, 0.25) is 0 Å². The lowest BCUT2D eigenvalue weighted by Crippen LogP contribution is -2.27. The van der Waals surface area contributed by atoms with E-state index >= 15 is 0 Å². The predicted octanol–water partition coefficient (Wildman–Crippen LogP) is 5.16. The second-order valence-corrected chi connectivity index (χ2v) is 7.54. The zero-order valence-electron chi connectivity index (χ0n) is 13.9. The molecule has 6 heteroatoms. The fourth-order valence-corrected chi connectivity index (χ4v) is 4.06. The van der Waals surface area contributed by atoms with Gasteiger partial charge < -0.3 is 4.90 Å². The molecule has 0 bridgehead atoms. The molecule has 0 aliphatic heterocycles. The molecule has 3 aromatic rings. The molecule has 3 rings (SSSR count). The second kappa shape index (κ2) is 7.80. The zero-order valence-corrected chi connectivity index (χ0v) is 15.5. The van der Waals surface area contributed by atoms with Crippen molar-refractivity contribution < 1.29 is 9.18 Å². The molecular weight excluding hydrogens is 355 g/mol. The van der Waals surface area contributed by atoms with Gasteiger partial charge in [-0.05, 0) is 31.2 Å². The van der Waals surface area contributed by atoms with Gasteiger partial charge in [-0.15, -0.1) is 23.1 Å². The van der Waals surface area contributed by atoms with Crippen LogP contribution in [0.2, 0.25) is 0 Å². The number of anilines is 1. The van der Waals surface area contributed by atoms with Crippen molar-refractivity contribution >= 4 is 34.7 Å². The number of amides is 1. The number of carbonyl (C=O) groups is 1. The van der Waals surface area contributed by atoms with Crippen molar-refractivity contribution in [3.63, 3.8) is 0 Å². The molecule has 1 amide bonds. The first-order valence-electron chi connectivity index (χ1n) is 7.71. The van der Waals surface area contributed by atoms with Gasteiger partial charge in [-0.2, -0.15) is 0 Å². The van der Waals surface area contributed by atoms with Gasteiger partial charge in [0.05, 0.1) is 22.0 Å². The highest BCUT2D eigenvalue weighted by molar-refractivity contribution is 7.98. The Labute approximate surface area is 154 Å². The zero-order chi connectivity index (χ0) is 17.8. The minimum atomic E-state index is -0.415. The van der Waals surface area contributed by atoms with Crippen LogP contribution in [0.25, 0.3) is 0 Å². The van der Waals surface area contributed by atoms with E-state index in [2.05, 4.69) is 4.98 Å². The van der Waals surface area contributed by atoms with Gasteiger partial charge in [0.25, 0.3) is 5.91 Å². The van der Waals surface area contributed by atoms with Gasteiger partial charge in [-0.1, -0.05) is 24.3 Å². The summed E-state index contributed by atoms with van der Waals surface area (Å²) in [5.74, 6) is 0.0435. The highest BCUT2D eigenvalue weighted by Crippen LogP contribution is 2.29. The largest absolute Gasteiger partial charge is 0.309 e. The molecule has 1 heterocycles. The van der Waals surface area contributed by atoms with E-state index < -0.39 is 5.82 Å². The maximum atomic E-state index is 14.0. The lowest BCUT2D eigenvalue weighted by Gasteiger charge is -2.19. The van der Waals surface area contributed by atoms with Crippen molar-refractivity contribution in [2.45, 2.75) is 17.6 Å². The molecule has 3 nitrogen and oxygen atoms in total. The number of para-hydroxylation sites is 1. The third-order valence-electron chi connectivity index (χ3n) is 3.68. The Hall–Kier alpha value is -2.18. The summed E-state index contributed by atoms with van der Waals surface area (Å²) in [5.41, 5.74) is 1.82. The first kappa shape index (κ1) is 17.6. The molecule has 0 saturated heterocycles. The maximum absolute atomic E-state index is 14.0. The molecule has 0 aliphatic carbocycles. The fraction of sp³-hybridized carbons (Fsp3) is 0.158. The Morgan fingerprint density at radius 3 is 2.64 bits per heavy atom. The van der Waals surface area contributed by atoms with Crippen molar-refractivity contribution in [2.75, 3.05) is 11.9 Å². The van der Waals surface area contributed by atoms with E-state index in [9.17, 15) is 9.18 Å². The van der Waals surface area contributed by atoms with Crippen LogP contribution in [-0.4, -0.2) is 17.9 Å². The third-order valence-corrected chi connectivity index (χ3v) is 5.61. The van der Waals surface area contributed by atoms with Gasteiger partial charge >= 0.3 is 0 Å². The molecule has 0 spiro atoms. The second-order valence-electron chi connectivity index (χ2n) is 5.46. The summed E-state index contributed by atoms with van der Waals surface area (Å²) in [7, 11) is 1.59. The molecular formula is C19H17FN2OS2. The smallest absolute Gasteiger partial charge is 0.259 e. The Bertz CT molecular complexity index is 894. The van der Waals surface area contributed by atoms with Crippen LogP contribution < -0.4 is 4.90 Å². The van der Waals surface area contributed by atoms with Gasteiger partial charge in [0, 0.05) is 23.1 Å². The molecule has 0 fully saturated rings. The van der Waals surface area contributed by atoms with E-state index in [4.69, 9.17) is 0 Å². The molecule has 0 unspecified atom stereocenters. The summed E-state index contributed by atoms with van der Waals surface area (Å²) in [6.45, 7) is 1.97. The van der Waals surface area contributed by atoms with E-state index in [0.29, 0.717) is 11.3 Å². The van der Waals surface area contributed by atoms with Crippen molar-refractivity contribution in [3.05, 3.63) is 76.0 Å². The van der Waals surface area contributed by atoms with Gasteiger partial charge in [-0.3, -0.25) is 4.79 Å². The number of aryl methyl sites for hydroxylation is 1. The topological polar surface area (TPSA) is 33.2 Å². The summed E-state index contributed by atoms with van der Waals surface area (Å²) in [6, 6.07) is 13.7. The third kappa shape index (κ3) is 4.08. The Kier molecular flexibility index (Phi) is 5.50. The lowest BCUT2D eigenvalue weighted by molar-refractivity contribution is 0.0989. The Morgan fingerprint density at radius 1 is 1.20 bits per heavy atom. The summed E-state index contributed by atoms with van der Waals surface area (Å²) < 4.78 is 14.0. The van der Waals surface area contributed by atoms with E-state index in [1.54, 1.807) is 54.4 Å². The number of thiazole rings is 1. The number of hydrogen-bond donors (Lipinski definition) is 0. The number of halogens is 1. The summed E-state index contributed by atoms with van der Waals surface area (Å²) >= 11 is 3.17. The first-order chi connectivity index (χ1) is 12.1. The quantitative estimate of drug-likeness (QED) is 0.580. The van der Waals surface area contributed by atoms with E-state index in [1.165, 1.54) is 11.0 Å². The summed E-state index contributed by atoms with van der Waals surface area (Å²) in [5, 5.41) is 3.05. The van der Waals surface area contributed by atoms with Crippen molar-refractivity contribution in [1.82, 2.24) is 4.98 Å². The standard InChI is InChI=1S/C19H17FN2OS2/c1-13-21-14(11-24-13)12-25-18-10-6-3-7-15(18)19(23)22(2)17-9-5-4-8-16(17)20/h3-11H,12H2,1-2H3. The number of aromatic nitrogens is 1. The van der Waals surface area contributed by atoms with Crippen LogP contribution >= 0.6 is 23.1 Å². The molecule has 2 aromatic carbocycles. The normalized spacial score (nSPS) is 10.7. The van der Waals surface area contributed by atoms with Crippen LogP contribution in [0.15, 0.2) is 58.8 Å². The van der Waals surface area contributed by atoms with Crippen LogP contribution in [0.4, 0.5) is 10.1 Å². The number of benzene rings is 2. The molecule has 0 radical (unpaired) electrons. The number of hydrogen-bond acceptors (Lipinski definition) is 4. The number of carbonyl (C=O) groups excluding carboxylic acids is 1. The lowest BCUT2D eigenvalue weighted by atomic mass is 10.2. The predicted molar refractivity (Wildman–Crippen MR) is 102 cm³/mol. The van der Waals surface area contributed by atoms with Crippen LogP contribution in [-0.2, 0) is 5.75 Å².